The Morgan fingerprint density at radius 3 is 2.89 bits per heavy atom. The van der Waals surface area contributed by atoms with Crippen molar-refractivity contribution in [3.8, 4) is 0 Å². The molecule has 4 heterocycles. The first-order valence-corrected chi connectivity index (χ1v) is 10.4. The molecular weight excluding hydrogens is 362 g/mol. The summed E-state index contributed by atoms with van der Waals surface area (Å²) in [6, 6.07) is 0. The molecule has 0 saturated carbocycles. The third-order valence-corrected chi connectivity index (χ3v) is 6.41. The fraction of sp³-hybridized carbons (Fsp3) is 0.526. The third kappa shape index (κ3) is 2.92. The molecule has 3 aromatic rings. The smallest absolute Gasteiger partial charge is 0.147 e. The number of aryl methyl sites for hydroxylation is 1. The summed E-state index contributed by atoms with van der Waals surface area (Å²) in [5.41, 5.74) is 3.78. The summed E-state index contributed by atoms with van der Waals surface area (Å²) in [6.07, 6.45) is 4.51. The molecule has 2 aliphatic rings. The van der Waals surface area contributed by atoms with Crippen LogP contribution in [-0.4, -0.2) is 59.0 Å². The van der Waals surface area contributed by atoms with Gasteiger partial charge in [0.1, 0.15) is 22.8 Å². The van der Waals surface area contributed by atoms with Crippen LogP contribution in [0.2, 0.25) is 0 Å². The van der Waals surface area contributed by atoms with Crippen LogP contribution < -0.4 is 10.2 Å². The minimum Gasteiger partial charge on any atom is -0.392 e. The van der Waals surface area contributed by atoms with Crippen LogP contribution >= 0.6 is 11.3 Å². The van der Waals surface area contributed by atoms with Gasteiger partial charge < -0.3 is 20.1 Å². The van der Waals surface area contributed by atoms with Crippen LogP contribution in [0.15, 0.2) is 6.33 Å². The van der Waals surface area contributed by atoms with Crippen molar-refractivity contribution < 1.29 is 9.84 Å². The molecular formula is C19H23N5O2S. The Hall–Kier alpha value is -2.03. The number of hydrogen-bond acceptors (Lipinski definition) is 8. The lowest BCUT2D eigenvalue weighted by molar-refractivity contribution is 0.122. The number of pyridine rings is 1. The summed E-state index contributed by atoms with van der Waals surface area (Å²) in [4.78, 5) is 17.5. The lowest BCUT2D eigenvalue weighted by atomic mass is 10.1. The Labute approximate surface area is 161 Å². The summed E-state index contributed by atoms with van der Waals surface area (Å²) in [6.45, 7) is 5.55. The number of ether oxygens (including phenoxy) is 1. The van der Waals surface area contributed by atoms with Crippen molar-refractivity contribution in [2.24, 2.45) is 0 Å². The van der Waals surface area contributed by atoms with Gasteiger partial charge in [0.05, 0.1) is 29.5 Å². The second kappa shape index (κ2) is 6.85. The third-order valence-electron chi connectivity index (χ3n) is 5.33. The van der Waals surface area contributed by atoms with Gasteiger partial charge in [0.2, 0.25) is 0 Å². The van der Waals surface area contributed by atoms with Crippen molar-refractivity contribution in [3.05, 3.63) is 17.5 Å². The van der Waals surface area contributed by atoms with Gasteiger partial charge in [0.15, 0.2) is 0 Å². The van der Waals surface area contributed by atoms with Gasteiger partial charge in [-0.25, -0.2) is 15.0 Å². The van der Waals surface area contributed by atoms with E-state index in [0.29, 0.717) is 6.54 Å². The van der Waals surface area contributed by atoms with Crippen LogP contribution in [0.1, 0.15) is 24.5 Å². The van der Waals surface area contributed by atoms with Crippen molar-refractivity contribution in [1.29, 1.82) is 0 Å². The van der Waals surface area contributed by atoms with E-state index in [1.165, 1.54) is 22.9 Å². The highest BCUT2D eigenvalue weighted by Crippen LogP contribution is 2.43. The number of anilines is 2. The minimum absolute atomic E-state index is 0.431. The number of rotatable bonds is 4. The quantitative estimate of drug-likeness (QED) is 0.713. The molecule has 7 nitrogen and oxygen atoms in total. The van der Waals surface area contributed by atoms with Crippen molar-refractivity contribution in [1.82, 2.24) is 15.0 Å². The molecule has 8 heteroatoms. The number of nitrogens with zero attached hydrogens (tertiary/aromatic N) is 4. The lowest BCUT2D eigenvalue weighted by Gasteiger charge is -2.29. The van der Waals surface area contributed by atoms with E-state index in [4.69, 9.17) is 9.72 Å². The average molecular weight is 385 g/mol. The Balaban J connectivity index is 1.68. The summed E-state index contributed by atoms with van der Waals surface area (Å²) in [5.74, 6) is 1.92. The number of morpholine rings is 1. The maximum Gasteiger partial charge on any atom is 0.147 e. The molecule has 0 unspecified atom stereocenters. The molecule has 0 spiro atoms. The summed E-state index contributed by atoms with van der Waals surface area (Å²) in [5, 5.41) is 14.0. The number of aromatic nitrogens is 3. The van der Waals surface area contributed by atoms with Gasteiger partial charge >= 0.3 is 0 Å². The van der Waals surface area contributed by atoms with Crippen molar-refractivity contribution in [2.75, 3.05) is 43.1 Å². The summed E-state index contributed by atoms with van der Waals surface area (Å²) in [7, 11) is 0. The highest BCUT2D eigenvalue weighted by molar-refractivity contribution is 7.26. The number of thiophene rings is 1. The molecule has 5 rings (SSSR count). The second-order valence-corrected chi connectivity index (χ2v) is 8.26. The zero-order valence-electron chi connectivity index (χ0n) is 15.4. The Morgan fingerprint density at radius 1 is 1.26 bits per heavy atom. The molecule has 0 radical (unpaired) electrons. The van der Waals surface area contributed by atoms with Gasteiger partial charge in [0, 0.05) is 25.0 Å². The van der Waals surface area contributed by atoms with E-state index in [1.54, 1.807) is 24.6 Å². The molecule has 2 N–H and O–H groups in total. The molecule has 1 saturated heterocycles. The largest absolute Gasteiger partial charge is 0.392 e. The van der Waals surface area contributed by atoms with Crippen LogP contribution in [-0.2, 0) is 17.6 Å². The monoisotopic (exact) mass is 385 g/mol. The fourth-order valence-electron chi connectivity index (χ4n) is 4.09. The van der Waals surface area contributed by atoms with E-state index in [1.807, 2.05) is 0 Å². The van der Waals surface area contributed by atoms with Gasteiger partial charge in [-0.05, 0) is 37.3 Å². The van der Waals surface area contributed by atoms with Crippen LogP contribution in [0, 0.1) is 0 Å². The normalized spacial score (nSPS) is 18.2. The molecule has 142 valence electrons. The average Bonchev–Trinajstić information content (AvgIpc) is 3.30. The molecule has 1 aliphatic heterocycles. The molecule has 0 amide bonds. The highest BCUT2D eigenvalue weighted by atomic mass is 32.1. The van der Waals surface area contributed by atoms with Crippen molar-refractivity contribution >= 4 is 43.4 Å². The standard InChI is InChI=1S/C19H23N5O2S/c1-11(25)9-20-17-16-15(21-10-22-17)14-12-3-2-4-13(12)18(23-19(14)27-16)24-5-7-26-8-6-24/h10-11,25H,2-9H2,1H3,(H,20,21,22)/t11-/m1/s1. The van der Waals surface area contributed by atoms with Crippen LogP contribution in [0.3, 0.4) is 0 Å². The van der Waals surface area contributed by atoms with Crippen LogP contribution in [0.4, 0.5) is 11.6 Å². The van der Waals surface area contributed by atoms with Gasteiger partial charge in [-0.1, -0.05) is 0 Å². The second-order valence-electron chi connectivity index (χ2n) is 7.26. The number of aliphatic hydroxyl groups excluding tert-OH is 1. The summed E-state index contributed by atoms with van der Waals surface area (Å²) >= 11 is 1.65. The Morgan fingerprint density at radius 2 is 2.07 bits per heavy atom. The van der Waals surface area contributed by atoms with E-state index in [0.717, 1.165) is 65.8 Å². The van der Waals surface area contributed by atoms with Crippen LogP contribution in [0.5, 0.6) is 0 Å². The van der Waals surface area contributed by atoms with Crippen molar-refractivity contribution in [3.63, 3.8) is 0 Å². The number of fused-ring (bicyclic) bond motifs is 5. The zero-order valence-corrected chi connectivity index (χ0v) is 16.2. The van der Waals surface area contributed by atoms with E-state index in [2.05, 4.69) is 20.2 Å². The predicted molar refractivity (Wildman–Crippen MR) is 108 cm³/mol. The molecule has 0 aromatic carbocycles. The van der Waals surface area contributed by atoms with E-state index < -0.39 is 6.10 Å². The fourth-order valence-corrected chi connectivity index (χ4v) is 5.21. The Kier molecular flexibility index (Phi) is 4.34. The molecule has 3 aromatic heterocycles. The maximum absolute atomic E-state index is 9.60. The molecule has 1 fully saturated rings. The van der Waals surface area contributed by atoms with E-state index >= 15 is 0 Å². The van der Waals surface area contributed by atoms with E-state index in [9.17, 15) is 5.11 Å². The topological polar surface area (TPSA) is 83.4 Å². The molecule has 1 atom stereocenters. The van der Waals surface area contributed by atoms with E-state index in [-0.39, 0.29) is 0 Å². The molecule has 0 bridgehead atoms. The predicted octanol–water partition coefficient (Wildman–Crippen LogP) is 2.36. The first-order valence-electron chi connectivity index (χ1n) is 9.56. The lowest BCUT2D eigenvalue weighted by Crippen LogP contribution is -2.37. The number of hydrogen-bond donors (Lipinski definition) is 2. The number of aliphatic hydroxyl groups is 1. The summed E-state index contributed by atoms with van der Waals surface area (Å²) < 4.78 is 6.55. The first-order chi connectivity index (χ1) is 13.2. The maximum atomic E-state index is 9.60. The number of nitrogens with one attached hydrogen (secondary N) is 1. The highest BCUT2D eigenvalue weighted by Gasteiger charge is 2.27. The SMILES string of the molecule is C[C@@H](O)CNc1ncnc2c1sc1nc(N3CCOCC3)c3c(c12)CCC3. The first kappa shape index (κ1) is 17.1. The zero-order chi connectivity index (χ0) is 18.4. The Bertz CT molecular complexity index is 997. The van der Waals surface area contributed by atoms with Gasteiger partial charge in [-0.3, -0.25) is 0 Å². The van der Waals surface area contributed by atoms with Gasteiger partial charge in [-0.15, -0.1) is 11.3 Å². The van der Waals surface area contributed by atoms with Gasteiger partial charge in [0.25, 0.3) is 0 Å². The van der Waals surface area contributed by atoms with Crippen molar-refractivity contribution in [2.45, 2.75) is 32.3 Å². The minimum atomic E-state index is -0.431. The van der Waals surface area contributed by atoms with Crippen LogP contribution in [0.25, 0.3) is 20.4 Å². The molecule has 1 aliphatic carbocycles. The van der Waals surface area contributed by atoms with Gasteiger partial charge in [-0.2, -0.15) is 0 Å². The molecule has 27 heavy (non-hydrogen) atoms.